The Balaban J connectivity index is 1.86. The topological polar surface area (TPSA) is 113 Å². The van der Waals surface area contributed by atoms with Gasteiger partial charge in [-0.2, -0.15) is 5.10 Å². The molecule has 4 N–H and O–H groups in total. The molecule has 4 rings (SSSR count). The van der Waals surface area contributed by atoms with Crippen molar-refractivity contribution in [2.45, 2.75) is 25.8 Å². The second-order valence-electron chi connectivity index (χ2n) is 6.48. The molecule has 8 heteroatoms. The Morgan fingerprint density at radius 1 is 1.22 bits per heavy atom. The minimum absolute atomic E-state index is 0.287. The summed E-state index contributed by atoms with van der Waals surface area (Å²) in [6.07, 6.45) is 3.86. The first kappa shape index (κ1) is 17.3. The lowest BCUT2D eigenvalue weighted by molar-refractivity contribution is 0.0994. The maximum atomic E-state index is 13.2. The van der Waals surface area contributed by atoms with E-state index in [1.165, 1.54) is 12.1 Å². The predicted octanol–water partition coefficient (Wildman–Crippen LogP) is 1.69. The van der Waals surface area contributed by atoms with Gasteiger partial charge in [-0.05, 0) is 55.6 Å². The number of hydrogen-bond acceptors (Lipinski definition) is 5. The molecule has 0 saturated carbocycles. The Labute approximate surface area is 155 Å². The summed E-state index contributed by atoms with van der Waals surface area (Å²) in [4.78, 5) is 21.0. The van der Waals surface area contributed by atoms with Crippen molar-refractivity contribution in [3.05, 3.63) is 53.1 Å². The first-order valence-electron chi connectivity index (χ1n) is 8.80. The maximum absolute atomic E-state index is 13.2. The van der Waals surface area contributed by atoms with Crippen LogP contribution in [0.2, 0.25) is 0 Å². The second kappa shape index (κ2) is 6.88. The lowest BCUT2D eigenvalue weighted by atomic mass is 9.93. The summed E-state index contributed by atoms with van der Waals surface area (Å²) >= 11 is 0. The van der Waals surface area contributed by atoms with Crippen molar-refractivity contribution in [3.63, 3.8) is 0 Å². The zero-order valence-electron chi connectivity index (χ0n) is 14.7. The number of aromatic nitrogens is 4. The van der Waals surface area contributed by atoms with Crippen molar-refractivity contribution in [2.24, 2.45) is 11.5 Å². The number of nitrogens with zero attached hydrogens (tertiary/aromatic N) is 4. The Morgan fingerprint density at radius 3 is 2.70 bits per heavy atom. The molecule has 2 aromatic heterocycles. The van der Waals surface area contributed by atoms with Gasteiger partial charge in [-0.25, -0.2) is 14.4 Å². The van der Waals surface area contributed by atoms with E-state index in [4.69, 9.17) is 16.5 Å². The zero-order valence-corrected chi connectivity index (χ0v) is 14.7. The van der Waals surface area contributed by atoms with Crippen LogP contribution in [0.25, 0.3) is 22.8 Å². The Morgan fingerprint density at radius 2 is 2.00 bits per heavy atom. The Hall–Kier alpha value is -3.13. The fourth-order valence-corrected chi connectivity index (χ4v) is 3.39. The van der Waals surface area contributed by atoms with E-state index in [1.807, 2.05) is 0 Å². The quantitative estimate of drug-likeness (QED) is 0.713. The minimum Gasteiger partial charge on any atom is -0.364 e. The molecule has 138 valence electrons. The lowest BCUT2D eigenvalue weighted by Crippen LogP contribution is -2.15. The number of benzene rings is 1. The summed E-state index contributed by atoms with van der Waals surface area (Å²) in [5, 5.41) is 4.42. The van der Waals surface area contributed by atoms with Gasteiger partial charge in [0.2, 0.25) is 0 Å². The van der Waals surface area contributed by atoms with Gasteiger partial charge in [0.15, 0.2) is 11.5 Å². The van der Waals surface area contributed by atoms with E-state index in [0.29, 0.717) is 31.8 Å². The molecule has 0 spiro atoms. The first-order valence-corrected chi connectivity index (χ1v) is 8.80. The second-order valence-corrected chi connectivity index (χ2v) is 6.48. The summed E-state index contributed by atoms with van der Waals surface area (Å²) in [6, 6.07) is 6.03. The minimum atomic E-state index is -0.547. The van der Waals surface area contributed by atoms with Crippen LogP contribution in [0.5, 0.6) is 0 Å². The molecule has 1 aromatic carbocycles. The normalized spacial score (nSPS) is 12.5. The van der Waals surface area contributed by atoms with Gasteiger partial charge in [0.05, 0.1) is 11.4 Å². The molecule has 1 amide bonds. The van der Waals surface area contributed by atoms with Crippen LogP contribution in [0.4, 0.5) is 4.39 Å². The number of aryl methyl sites for hydroxylation is 2. The molecule has 0 fully saturated rings. The maximum Gasteiger partial charge on any atom is 0.269 e. The summed E-state index contributed by atoms with van der Waals surface area (Å²) in [5.74, 6) is -0.368. The van der Waals surface area contributed by atoms with E-state index in [2.05, 4.69) is 10.1 Å². The summed E-state index contributed by atoms with van der Waals surface area (Å²) in [5.41, 5.74) is 15.5. The highest BCUT2D eigenvalue weighted by Gasteiger charge is 2.29. The number of carbonyl (C=O) groups is 1. The zero-order chi connectivity index (χ0) is 19.0. The highest BCUT2D eigenvalue weighted by atomic mass is 19.1. The molecule has 27 heavy (non-hydrogen) atoms. The predicted molar refractivity (Wildman–Crippen MR) is 98.2 cm³/mol. The van der Waals surface area contributed by atoms with E-state index >= 15 is 0 Å². The van der Waals surface area contributed by atoms with Crippen LogP contribution in [-0.2, 0) is 19.4 Å². The summed E-state index contributed by atoms with van der Waals surface area (Å²) in [7, 11) is 0. The van der Waals surface area contributed by atoms with Crippen LogP contribution in [0.15, 0.2) is 30.5 Å². The van der Waals surface area contributed by atoms with E-state index in [1.54, 1.807) is 23.0 Å². The van der Waals surface area contributed by atoms with Crippen molar-refractivity contribution >= 4 is 5.91 Å². The number of fused-ring (bicyclic) bond motifs is 3. The van der Waals surface area contributed by atoms with Gasteiger partial charge in [-0.1, -0.05) is 0 Å². The lowest BCUT2D eigenvalue weighted by Gasteiger charge is -2.18. The van der Waals surface area contributed by atoms with Crippen molar-refractivity contribution in [3.8, 4) is 22.8 Å². The molecular weight excluding hydrogens is 347 g/mol. The molecule has 0 atom stereocenters. The van der Waals surface area contributed by atoms with Crippen molar-refractivity contribution in [2.75, 3.05) is 6.54 Å². The van der Waals surface area contributed by atoms with Gasteiger partial charge >= 0.3 is 0 Å². The molecular formula is C19H19FN6O. The first-order chi connectivity index (χ1) is 13.1. The average molecular weight is 366 g/mol. The molecule has 7 nitrogen and oxygen atoms in total. The smallest absolute Gasteiger partial charge is 0.269 e. The van der Waals surface area contributed by atoms with Gasteiger partial charge in [-0.3, -0.25) is 9.48 Å². The average Bonchev–Trinajstić information content (AvgIpc) is 3.06. The number of rotatable bonds is 5. The van der Waals surface area contributed by atoms with Crippen LogP contribution < -0.4 is 11.5 Å². The third kappa shape index (κ3) is 3.08. The molecule has 0 bridgehead atoms. The molecule has 0 aliphatic heterocycles. The highest BCUT2D eigenvalue weighted by Crippen LogP contribution is 2.35. The van der Waals surface area contributed by atoms with E-state index < -0.39 is 5.91 Å². The summed E-state index contributed by atoms with van der Waals surface area (Å²) in [6.45, 7) is 1.08. The largest absolute Gasteiger partial charge is 0.364 e. The number of halogens is 1. The van der Waals surface area contributed by atoms with Crippen molar-refractivity contribution in [1.29, 1.82) is 0 Å². The van der Waals surface area contributed by atoms with Crippen LogP contribution >= 0.6 is 0 Å². The van der Waals surface area contributed by atoms with Gasteiger partial charge in [-0.15, -0.1) is 0 Å². The van der Waals surface area contributed by atoms with Crippen LogP contribution in [0.1, 0.15) is 28.0 Å². The van der Waals surface area contributed by atoms with Crippen molar-refractivity contribution in [1.82, 2.24) is 19.7 Å². The van der Waals surface area contributed by atoms with Crippen LogP contribution in [-0.4, -0.2) is 32.2 Å². The Kier molecular flexibility index (Phi) is 4.41. The number of amides is 1. The summed E-state index contributed by atoms with van der Waals surface area (Å²) < 4.78 is 15.0. The number of primary amides is 1. The Bertz CT molecular complexity index is 1010. The van der Waals surface area contributed by atoms with Gasteiger partial charge in [0.1, 0.15) is 5.82 Å². The van der Waals surface area contributed by atoms with Crippen LogP contribution in [0, 0.1) is 5.82 Å². The molecule has 3 aromatic rings. The van der Waals surface area contributed by atoms with Crippen LogP contribution in [0.3, 0.4) is 0 Å². The molecule has 0 saturated heterocycles. The third-order valence-electron chi connectivity index (χ3n) is 4.69. The molecule has 2 heterocycles. The van der Waals surface area contributed by atoms with E-state index in [0.717, 1.165) is 34.5 Å². The van der Waals surface area contributed by atoms with Crippen molar-refractivity contribution < 1.29 is 9.18 Å². The third-order valence-corrected chi connectivity index (χ3v) is 4.69. The van der Waals surface area contributed by atoms with Gasteiger partial charge in [0.25, 0.3) is 5.91 Å². The molecule has 0 unspecified atom stereocenters. The fraction of sp³-hybridized carbons (Fsp3) is 0.263. The molecule has 1 aliphatic carbocycles. The molecule has 1 aliphatic rings. The van der Waals surface area contributed by atoms with E-state index in [-0.39, 0.29) is 11.5 Å². The standard InChI is InChI=1S/C19H19FN6O/c20-13-5-2-11(3-6-13)19-23-10-12-4-7-14-16(18(22)27)25-26(9-1-8-21)17(14)15(12)24-19/h2-3,5-6,10H,1,4,7-9,21H2,(H2,22,27). The van der Waals surface area contributed by atoms with Gasteiger partial charge < -0.3 is 11.5 Å². The monoisotopic (exact) mass is 366 g/mol. The van der Waals surface area contributed by atoms with Gasteiger partial charge in [0, 0.05) is 23.9 Å². The highest BCUT2D eigenvalue weighted by molar-refractivity contribution is 5.94. The van der Waals surface area contributed by atoms with E-state index in [9.17, 15) is 9.18 Å². The molecule has 0 radical (unpaired) electrons. The number of carbonyl (C=O) groups excluding carboxylic acids is 1. The SMILES string of the molecule is NCCCn1nc(C(N)=O)c2c1-c1nc(-c3ccc(F)cc3)ncc1CC2. The number of nitrogens with two attached hydrogens (primary N) is 2. The number of hydrogen-bond donors (Lipinski definition) is 2. The fourth-order valence-electron chi connectivity index (χ4n) is 3.39.